The highest BCUT2D eigenvalue weighted by Gasteiger charge is 2.24. The minimum Gasteiger partial charge on any atom is -0.508 e. The lowest BCUT2D eigenvalue weighted by Crippen LogP contribution is -2.25. The van der Waals surface area contributed by atoms with E-state index in [0.717, 1.165) is 50.4 Å². The minimum atomic E-state index is 0.360. The van der Waals surface area contributed by atoms with Crippen LogP contribution in [0.2, 0.25) is 0 Å². The number of phenolic OH excluding ortho intramolecular Hbond substituents is 1. The minimum absolute atomic E-state index is 0.360. The van der Waals surface area contributed by atoms with Gasteiger partial charge in [-0.3, -0.25) is 0 Å². The van der Waals surface area contributed by atoms with E-state index in [4.69, 9.17) is 9.47 Å². The van der Waals surface area contributed by atoms with E-state index < -0.39 is 0 Å². The van der Waals surface area contributed by atoms with Crippen molar-refractivity contribution in [2.24, 2.45) is 0 Å². The quantitative estimate of drug-likeness (QED) is 0.412. The van der Waals surface area contributed by atoms with Crippen molar-refractivity contribution in [1.29, 1.82) is 0 Å². The van der Waals surface area contributed by atoms with Crippen molar-refractivity contribution in [1.82, 2.24) is 4.90 Å². The number of likely N-dealkylation sites (N-methyl/N-ethyl adjacent to an activating group) is 1. The Labute approximate surface area is 209 Å². The fraction of sp³-hybridized carbons (Fsp3) is 0.400. The average Bonchev–Trinajstić information content (AvgIpc) is 2.87. The Morgan fingerprint density at radius 2 is 1.71 bits per heavy atom. The molecule has 0 radical (unpaired) electrons. The van der Waals surface area contributed by atoms with E-state index in [1.54, 1.807) is 7.11 Å². The molecule has 1 aliphatic carbocycles. The molecule has 1 unspecified atom stereocenters. The summed E-state index contributed by atoms with van der Waals surface area (Å²) in [6, 6.07) is 20.8. The number of rotatable bonds is 10. The third-order valence-corrected chi connectivity index (χ3v) is 6.92. The molecule has 186 valence electrons. The predicted molar refractivity (Wildman–Crippen MR) is 143 cm³/mol. The summed E-state index contributed by atoms with van der Waals surface area (Å²) in [6.45, 7) is 5.52. The van der Waals surface area contributed by atoms with Crippen molar-refractivity contribution in [2.75, 3.05) is 45.8 Å². The summed E-state index contributed by atoms with van der Waals surface area (Å²) in [5, 5.41) is 9.87. The summed E-state index contributed by atoms with van der Waals surface area (Å²) in [5.41, 5.74) is 6.48. The van der Waals surface area contributed by atoms with Crippen LogP contribution in [0.3, 0.4) is 0 Å². The molecule has 0 spiro atoms. The molecule has 5 heteroatoms. The summed E-state index contributed by atoms with van der Waals surface area (Å²) < 4.78 is 11.5. The summed E-state index contributed by atoms with van der Waals surface area (Å²) in [4.78, 5) is 4.56. The molecule has 0 saturated carbocycles. The summed E-state index contributed by atoms with van der Waals surface area (Å²) in [7, 11) is 5.83. The van der Waals surface area contributed by atoms with Crippen LogP contribution in [0.25, 0.3) is 0 Å². The van der Waals surface area contributed by atoms with Crippen LogP contribution < -0.4 is 14.4 Å². The molecule has 0 heterocycles. The number of benzene rings is 3. The largest absolute Gasteiger partial charge is 0.508 e. The van der Waals surface area contributed by atoms with E-state index in [1.165, 1.54) is 27.9 Å². The molecule has 1 aliphatic rings. The van der Waals surface area contributed by atoms with Gasteiger partial charge in [-0.2, -0.15) is 0 Å². The first kappa shape index (κ1) is 24.9. The molecule has 0 bridgehead atoms. The van der Waals surface area contributed by atoms with Crippen LogP contribution in [-0.4, -0.2) is 50.9 Å². The van der Waals surface area contributed by atoms with Crippen molar-refractivity contribution >= 4 is 5.69 Å². The standard InChI is InChI=1S/C30H38N2O3/c1-5-32(21-22-6-12-27(13-7-22)35-17-16-31(2)3)30-20-28(34-4)14-15-29(30)25-9-8-24-19-26(33)11-10-23(24)18-25/h6-7,10-15,19-20,25,33H,5,8-9,16-18,21H2,1-4H3. The number of nitrogens with zero attached hydrogens (tertiary/aromatic N) is 2. The van der Waals surface area contributed by atoms with Gasteiger partial charge >= 0.3 is 0 Å². The van der Waals surface area contributed by atoms with Gasteiger partial charge in [-0.25, -0.2) is 0 Å². The highest BCUT2D eigenvalue weighted by molar-refractivity contribution is 5.60. The number of anilines is 1. The molecule has 3 aromatic carbocycles. The molecule has 0 aliphatic heterocycles. The Morgan fingerprint density at radius 1 is 0.943 bits per heavy atom. The molecule has 4 rings (SSSR count). The second-order valence-electron chi connectivity index (χ2n) is 9.63. The van der Waals surface area contributed by atoms with Gasteiger partial charge in [0.1, 0.15) is 23.9 Å². The maximum absolute atomic E-state index is 9.87. The molecule has 35 heavy (non-hydrogen) atoms. The van der Waals surface area contributed by atoms with Gasteiger partial charge in [0.05, 0.1) is 7.11 Å². The van der Waals surface area contributed by atoms with E-state index >= 15 is 0 Å². The van der Waals surface area contributed by atoms with Gasteiger partial charge in [0, 0.05) is 31.4 Å². The first-order valence-corrected chi connectivity index (χ1v) is 12.6. The van der Waals surface area contributed by atoms with Crippen LogP contribution in [0.15, 0.2) is 60.7 Å². The number of phenols is 1. The van der Waals surface area contributed by atoms with E-state index in [9.17, 15) is 5.11 Å². The van der Waals surface area contributed by atoms with Crippen LogP contribution in [0.4, 0.5) is 5.69 Å². The lowest BCUT2D eigenvalue weighted by Gasteiger charge is -2.32. The van der Waals surface area contributed by atoms with Crippen molar-refractivity contribution in [3.8, 4) is 17.2 Å². The molecule has 5 nitrogen and oxygen atoms in total. The van der Waals surface area contributed by atoms with Gasteiger partial charge in [-0.05, 0) is 98.8 Å². The van der Waals surface area contributed by atoms with Gasteiger partial charge in [-0.1, -0.05) is 24.3 Å². The normalized spacial score (nSPS) is 15.1. The monoisotopic (exact) mass is 474 g/mol. The van der Waals surface area contributed by atoms with E-state index in [1.807, 2.05) is 12.1 Å². The maximum atomic E-state index is 9.87. The van der Waals surface area contributed by atoms with Crippen LogP contribution >= 0.6 is 0 Å². The van der Waals surface area contributed by atoms with E-state index in [0.29, 0.717) is 18.3 Å². The fourth-order valence-electron chi connectivity index (χ4n) is 4.90. The van der Waals surface area contributed by atoms with Gasteiger partial charge in [0.25, 0.3) is 0 Å². The average molecular weight is 475 g/mol. The number of fused-ring (bicyclic) bond motifs is 1. The first-order valence-electron chi connectivity index (χ1n) is 12.6. The van der Waals surface area contributed by atoms with Crippen molar-refractivity contribution < 1.29 is 14.6 Å². The Kier molecular flexibility index (Phi) is 8.19. The predicted octanol–water partition coefficient (Wildman–Crippen LogP) is 5.64. The molecule has 3 aromatic rings. The molecule has 0 saturated heterocycles. The second kappa shape index (κ2) is 11.5. The number of aromatic hydroxyl groups is 1. The van der Waals surface area contributed by atoms with Crippen molar-refractivity contribution in [2.45, 2.75) is 38.6 Å². The molecule has 0 amide bonds. The van der Waals surface area contributed by atoms with E-state index in [-0.39, 0.29) is 0 Å². The number of hydrogen-bond acceptors (Lipinski definition) is 5. The smallest absolute Gasteiger partial charge is 0.120 e. The second-order valence-corrected chi connectivity index (χ2v) is 9.63. The maximum Gasteiger partial charge on any atom is 0.120 e. The Balaban J connectivity index is 1.54. The van der Waals surface area contributed by atoms with Gasteiger partial charge < -0.3 is 24.4 Å². The van der Waals surface area contributed by atoms with Crippen molar-refractivity contribution in [3.05, 3.63) is 82.9 Å². The van der Waals surface area contributed by atoms with Crippen LogP contribution in [-0.2, 0) is 19.4 Å². The van der Waals surface area contributed by atoms with Crippen LogP contribution in [0.1, 0.15) is 41.5 Å². The third-order valence-electron chi connectivity index (χ3n) is 6.92. The lowest BCUT2D eigenvalue weighted by molar-refractivity contribution is 0.261. The Hall–Kier alpha value is -3.18. The molecular weight excluding hydrogens is 436 g/mol. The SMILES string of the molecule is CCN(Cc1ccc(OCCN(C)C)cc1)c1cc(OC)ccc1C1CCc2cc(O)ccc2C1. The fourth-order valence-corrected chi connectivity index (χ4v) is 4.90. The number of ether oxygens (including phenoxy) is 2. The molecule has 0 fully saturated rings. The number of hydrogen-bond donors (Lipinski definition) is 1. The number of methoxy groups -OCH3 is 1. The first-order chi connectivity index (χ1) is 17.0. The highest BCUT2D eigenvalue weighted by Crippen LogP contribution is 2.40. The highest BCUT2D eigenvalue weighted by atomic mass is 16.5. The Bertz CT molecular complexity index is 1110. The summed E-state index contributed by atoms with van der Waals surface area (Å²) in [5.74, 6) is 2.59. The molecular formula is C30H38N2O3. The molecule has 1 N–H and O–H groups in total. The zero-order chi connectivity index (χ0) is 24.8. The van der Waals surface area contributed by atoms with Gasteiger partial charge in [0.15, 0.2) is 0 Å². The number of aryl methyl sites for hydroxylation is 1. The molecule has 0 aromatic heterocycles. The van der Waals surface area contributed by atoms with Gasteiger partial charge in [-0.15, -0.1) is 0 Å². The topological polar surface area (TPSA) is 45.2 Å². The van der Waals surface area contributed by atoms with Crippen LogP contribution in [0.5, 0.6) is 17.2 Å². The molecule has 1 atom stereocenters. The van der Waals surface area contributed by atoms with Crippen molar-refractivity contribution in [3.63, 3.8) is 0 Å². The summed E-state index contributed by atoms with van der Waals surface area (Å²) in [6.07, 6.45) is 3.05. The lowest BCUT2D eigenvalue weighted by atomic mass is 9.79. The zero-order valence-electron chi connectivity index (χ0n) is 21.5. The third kappa shape index (κ3) is 6.29. The Morgan fingerprint density at radius 3 is 2.43 bits per heavy atom. The van der Waals surface area contributed by atoms with Crippen LogP contribution in [0, 0.1) is 0 Å². The zero-order valence-corrected chi connectivity index (χ0v) is 21.5. The van der Waals surface area contributed by atoms with Gasteiger partial charge in [0.2, 0.25) is 0 Å². The summed E-state index contributed by atoms with van der Waals surface area (Å²) >= 11 is 0. The van der Waals surface area contributed by atoms with E-state index in [2.05, 4.69) is 79.3 Å².